The zero-order valence-corrected chi connectivity index (χ0v) is 10.9. The quantitative estimate of drug-likeness (QED) is 0.565. The van der Waals surface area contributed by atoms with E-state index in [-0.39, 0.29) is 32.7 Å². The third kappa shape index (κ3) is 6.37. The van der Waals surface area contributed by atoms with Crippen LogP contribution < -0.4 is 0 Å². The van der Waals surface area contributed by atoms with Crippen molar-refractivity contribution in [2.24, 2.45) is 0 Å². The molecule has 1 heteroatoms. The average Bonchev–Trinajstić information content (AvgIpc) is 2.57. The first-order valence-electron chi connectivity index (χ1n) is 4.77. The summed E-state index contributed by atoms with van der Waals surface area (Å²) in [5, 5.41) is 0. The molecule has 0 aromatic heterocycles. The van der Waals surface area contributed by atoms with E-state index in [1.807, 2.05) is 0 Å². The summed E-state index contributed by atoms with van der Waals surface area (Å²) in [5.41, 5.74) is 1.45. The molecule has 0 nitrogen and oxygen atoms in total. The van der Waals surface area contributed by atoms with Crippen LogP contribution in [0.5, 0.6) is 0 Å². The Bertz CT molecular complexity index is 115. The maximum atomic E-state index is 3.24. The standard InChI is InChI=1S/C6H9.C5H9.Y/c1-6-4-2-3-5-6;1-2-4-5-3-1;/h2-4H2,1H3;1H,2-5H2;/q2*-1;. The van der Waals surface area contributed by atoms with Crippen LogP contribution >= 0.6 is 0 Å². The fourth-order valence-electron chi connectivity index (χ4n) is 1.47. The molecule has 0 bridgehead atoms. The number of rotatable bonds is 0. The predicted molar refractivity (Wildman–Crippen MR) is 49.0 cm³/mol. The zero-order valence-electron chi connectivity index (χ0n) is 8.10. The smallest absolute Gasteiger partial charge is 0 e. The van der Waals surface area contributed by atoms with Gasteiger partial charge in [0.05, 0.1) is 0 Å². The first-order chi connectivity index (χ1) is 5.39. The first-order valence-corrected chi connectivity index (χ1v) is 4.77. The maximum absolute atomic E-state index is 3.24. The van der Waals surface area contributed by atoms with Gasteiger partial charge in [-0.05, 0) is 0 Å². The molecule has 0 spiro atoms. The third-order valence-electron chi connectivity index (χ3n) is 2.22. The van der Waals surface area contributed by atoms with E-state index in [0.29, 0.717) is 0 Å². The number of allylic oxidation sites excluding steroid dienone is 2. The molecule has 1 saturated carbocycles. The minimum atomic E-state index is 0. The van der Waals surface area contributed by atoms with Crippen LogP contribution in [-0.2, 0) is 32.7 Å². The largest absolute Gasteiger partial charge is 0.497 e. The van der Waals surface area contributed by atoms with Crippen LogP contribution in [0.25, 0.3) is 0 Å². The molecule has 0 aromatic rings. The summed E-state index contributed by atoms with van der Waals surface area (Å²) >= 11 is 0. The Hall–Kier alpha value is 0.844. The summed E-state index contributed by atoms with van der Waals surface area (Å²) in [5.74, 6) is 0. The average molecular weight is 239 g/mol. The fourth-order valence-corrected chi connectivity index (χ4v) is 1.47. The molecule has 0 unspecified atom stereocenters. The second kappa shape index (κ2) is 8.44. The van der Waals surface area contributed by atoms with E-state index in [1.54, 1.807) is 0 Å². The van der Waals surface area contributed by atoms with Gasteiger partial charge in [0.15, 0.2) is 0 Å². The Kier molecular flexibility index (Phi) is 9.04. The third-order valence-corrected chi connectivity index (χ3v) is 2.22. The molecule has 2 rings (SSSR count). The summed E-state index contributed by atoms with van der Waals surface area (Å²) in [4.78, 5) is 0. The Balaban J connectivity index is 0.000000189. The maximum Gasteiger partial charge on any atom is 0 e. The predicted octanol–water partition coefficient (Wildman–Crippen LogP) is 3.68. The van der Waals surface area contributed by atoms with Gasteiger partial charge in [-0.2, -0.15) is 19.3 Å². The second-order valence-electron chi connectivity index (χ2n) is 3.38. The second-order valence-corrected chi connectivity index (χ2v) is 3.38. The molecule has 1 radical (unpaired) electrons. The number of hydrogen-bond donors (Lipinski definition) is 0. The van der Waals surface area contributed by atoms with E-state index in [0.717, 1.165) is 0 Å². The van der Waals surface area contributed by atoms with Gasteiger partial charge in [-0.1, -0.05) is 32.6 Å². The van der Waals surface area contributed by atoms with Gasteiger partial charge in [0.2, 0.25) is 0 Å². The van der Waals surface area contributed by atoms with E-state index in [1.165, 1.54) is 50.5 Å². The van der Waals surface area contributed by atoms with Crippen molar-refractivity contribution >= 4 is 0 Å². The van der Waals surface area contributed by atoms with Gasteiger partial charge >= 0.3 is 0 Å². The minimum absolute atomic E-state index is 0. The van der Waals surface area contributed by atoms with Gasteiger partial charge in [0.25, 0.3) is 0 Å². The Morgan fingerprint density at radius 3 is 2.00 bits per heavy atom. The van der Waals surface area contributed by atoms with Crippen LogP contribution in [0.1, 0.15) is 51.9 Å². The van der Waals surface area contributed by atoms with Crippen molar-refractivity contribution in [1.82, 2.24) is 0 Å². The van der Waals surface area contributed by atoms with E-state index in [2.05, 4.69) is 19.4 Å². The van der Waals surface area contributed by atoms with Gasteiger partial charge in [0, 0.05) is 32.7 Å². The SMILES string of the molecule is CC1=[C-]CCC1.[CH-]1CCCC1.[Y]. The van der Waals surface area contributed by atoms with Crippen LogP contribution in [0.2, 0.25) is 0 Å². The Morgan fingerprint density at radius 1 is 1.17 bits per heavy atom. The summed E-state index contributed by atoms with van der Waals surface area (Å²) in [7, 11) is 0. The topological polar surface area (TPSA) is 0 Å². The molecule has 12 heavy (non-hydrogen) atoms. The molecule has 0 aromatic carbocycles. The molecule has 0 N–H and O–H groups in total. The normalized spacial score (nSPS) is 20.6. The van der Waals surface area contributed by atoms with E-state index in [9.17, 15) is 0 Å². The molecule has 0 amide bonds. The van der Waals surface area contributed by atoms with Gasteiger partial charge in [0.1, 0.15) is 0 Å². The molecule has 67 valence electrons. The van der Waals surface area contributed by atoms with Gasteiger partial charge in [-0.15, -0.1) is 0 Å². The van der Waals surface area contributed by atoms with Crippen molar-refractivity contribution in [3.8, 4) is 0 Å². The van der Waals surface area contributed by atoms with Crippen LogP contribution in [0.4, 0.5) is 0 Å². The Morgan fingerprint density at radius 2 is 1.83 bits per heavy atom. The van der Waals surface area contributed by atoms with Crippen molar-refractivity contribution in [2.45, 2.75) is 51.9 Å². The number of hydrogen-bond acceptors (Lipinski definition) is 0. The molecule has 2 aliphatic rings. The molecular weight excluding hydrogens is 221 g/mol. The molecule has 2 aliphatic carbocycles. The van der Waals surface area contributed by atoms with Gasteiger partial charge in [-0.3, -0.25) is 5.57 Å². The van der Waals surface area contributed by atoms with Crippen molar-refractivity contribution in [3.05, 3.63) is 18.1 Å². The molecule has 0 aliphatic heterocycles. The summed E-state index contributed by atoms with van der Waals surface area (Å²) in [6, 6.07) is 0. The summed E-state index contributed by atoms with van der Waals surface area (Å²) < 4.78 is 0. The zero-order chi connectivity index (χ0) is 7.94. The summed E-state index contributed by atoms with van der Waals surface area (Å²) in [6.07, 6.45) is 15.1. The van der Waals surface area contributed by atoms with E-state index >= 15 is 0 Å². The monoisotopic (exact) mass is 239 g/mol. The molecule has 0 heterocycles. The Labute approximate surface area is 102 Å². The van der Waals surface area contributed by atoms with E-state index in [4.69, 9.17) is 0 Å². The van der Waals surface area contributed by atoms with Gasteiger partial charge < -0.3 is 12.5 Å². The van der Waals surface area contributed by atoms with E-state index < -0.39 is 0 Å². The van der Waals surface area contributed by atoms with Crippen LogP contribution in [0.3, 0.4) is 0 Å². The van der Waals surface area contributed by atoms with Crippen molar-refractivity contribution in [1.29, 1.82) is 0 Å². The van der Waals surface area contributed by atoms with Crippen molar-refractivity contribution in [3.63, 3.8) is 0 Å². The van der Waals surface area contributed by atoms with Crippen LogP contribution in [0, 0.1) is 12.5 Å². The molecular formula is C11H18Y-2. The van der Waals surface area contributed by atoms with Gasteiger partial charge in [-0.25, -0.2) is 0 Å². The summed E-state index contributed by atoms with van der Waals surface area (Å²) in [6.45, 7) is 2.15. The molecule has 0 saturated heterocycles. The molecule has 1 fully saturated rings. The van der Waals surface area contributed by atoms with Crippen molar-refractivity contribution < 1.29 is 32.7 Å². The van der Waals surface area contributed by atoms with Crippen LogP contribution in [-0.4, -0.2) is 0 Å². The molecule has 0 atom stereocenters. The fraction of sp³-hybridized carbons (Fsp3) is 0.727. The van der Waals surface area contributed by atoms with Crippen molar-refractivity contribution in [2.75, 3.05) is 0 Å². The first kappa shape index (κ1) is 12.8. The van der Waals surface area contributed by atoms with Crippen LogP contribution in [0.15, 0.2) is 5.57 Å². The minimum Gasteiger partial charge on any atom is -0.497 e.